The molecule has 2 heterocycles. The minimum atomic E-state index is 0.282. The van der Waals surface area contributed by atoms with E-state index in [0.29, 0.717) is 23.3 Å². The van der Waals surface area contributed by atoms with Crippen LogP contribution in [0.4, 0.5) is 6.01 Å². The average molecular weight is 461 g/mol. The van der Waals surface area contributed by atoms with E-state index in [2.05, 4.69) is 72.9 Å². The van der Waals surface area contributed by atoms with E-state index < -0.39 is 0 Å². The van der Waals surface area contributed by atoms with Crippen LogP contribution in [0.3, 0.4) is 0 Å². The van der Waals surface area contributed by atoms with E-state index in [1.54, 1.807) is 6.26 Å². The average Bonchev–Trinajstić information content (AvgIpc) is 3.27. The van der Waals surface area contributed by atoms with E-state index in [-0.39, 0.29) is 6.04 Å². The smallest absolute Gasteiger partial charge is 0.297 e. The summed E-state index contributed by atoms with van der Waals surface area (Å²) in [5.74, 6) is 0.678. The fourth-order valence-electron chi connectivity index (χ4n) is 3.51. The number of aliphatic imine (C=N–C) groups is 1. The van der Waals surface area contributed by atoms with Crippen LogP contribution < -0.4 is 10.2 Å². The van der Waals surface area contributed by atoms with Gasteiger partial charge in [0.1, 0.15) is 12.0 Å². The van der Waals surface area contributed by atoms with Crippen molar-refractivity contribution in [2.24, 2.45) is 10.9 Å². The van der Waals surface area contributed by atoms with Crippen molar-refractivity contribution in [3.05, 3.63) is 90.1 Å². The zero-order valence-corrected chi connectivity index (χ0v) is 21.7. The van der Waals surface area contributed by atoms with Gasteiger partial charge in [0.2, 0.25) is 0 Å². The Labute approximate surface area is 205 Å². The minimum Gasteiger partial charge on any atom is -0.431 e. The Morgan fingerprint density at radius 2 is 1.91 bits per heavy atom. The van der Waals surface area contributed by atoms with Crippen LogP contribution in [-0.4, -0.2) is 30.3 Å². The number of rotatable bonds is 12. The van der Waals surface area contributed by atoms with Gasteiger partial charge in [0, 0.05) is 31.0 Å². The first-order chi connectivity index (χ1) is 16.2. The maximum atomic E-state index is 5.64. The first-order valence-corrected chi connectivity index (χ1v) is 12.0. The molecule has 182 valence electrons. The molecule has 1 N–H and O–H groups in total. The third-order valence-electron chi connectivity index (χ3n) is 5.79. The molecule has 0 spiro atoms. The van der Waals surface area contributed by atoms with Crippen molar-refractivity contribution in [2.45, 2.75) is 54.0 Å². The van der Waals surface area contributed by atoms with Gasteiger partial charge in [0.15, 0.2) is 0 Å². The van der Waals surface area contributed by atoms with Crippen molar-refractivity contribution in [1.82, 2.24) is 10.3 Å². The van der Waals surface area contributed by atoms with Gasteiger partial charge in [-0.3, -0.25) is 4.99 Å². The summed E-state index contributed by atoms with van der Waals surface area (Å²) in [6.07, 6.45) is 14.6. The molecule has 0 bridgehead atoms. The molecular formula is C29H40N4O. The van der Waals surface area contributed by atoms with Crippen molar-refractivity contribution in [3.63, 3.8) is 0 Å². The third-order valence-corrected chi connectivity index (χ3v) is 5.79. The summed E-state index contributed by atoms with van der Waals surface area (Å²) < 4.78 is 5.64. The van der Waals surface area contributed by atoms with E-state index in [9.17, 15) is 0 Å². The first-order valence-electron chi connectivity index (χ1n) is 12.0. The fraction of sp³-hybridized carbons (Fsp3) is 0.379. The van der Waals surface area contributed by atoms with Crippen molar-refractivity contribution in [1.29, 1.82) is 0 Å². The van der Waals surface area contributed by atoms with Gasteiger partial charge in [-0.05, 0) is 74.5 Å². The molecule has 0 aromatic carbocycles. The molecule has 0 amide bonds. The standard InChI is InChI=1S/C29H40N4O/c1-10-22(7)30-16-26(13-4)21(6)14-27(25(11-2)12-3)15-23(8)31-24(9)28-19-34-29(32-28)33-17-20(5)18-33/h11-16,19-20,22,31H,2,6,9-10,17-18H2,1,3-5,7-8H3/b23-15+,25-12-,26-13+,27-14-,30-16?. The Kier molecular flexibility index (Phi) is 10.1. The maximum absolute atomic E-state index is 5.64. The van der Waals surface area contributed by atoms with Gasteiger partial charge < -0.3 is 14.6 Å². The van der Waals surface area contributed by atoms with Crippen molar-refractivity contribution < 1.29 is 4.42 Å². The van der Waals surface area contributed by atoms with E-state index in [1.165, 1.54) is 0 Å². The van der Waals surface area contributed by atoms with Crippen molar-refractivity contribution in [2.75, 3.05) is 18.0 Å². The Morgan fingerprint density at radius 3 is 2.47 bits per heavy atom. The summed E-state index contributed by atoms with van der Waals surface area (Å²) in [6.45, 7) is 26.8. The van der Waals surface area contributed by atoms with Crippen LogP contribution >= 0.6 is 0 Å². The van der Waals surface area contributed by atoms with Crippen LogP contribution in [-0.2, 0) is 0 Å². The van der Waals surface area contributed by atoms with Gasteiger partial charge in [0.05, 0.1) is 5.70 Å². The van der Waals surface area contributed by atoms with E-state index in [4.69, 9.17) is 4.42 Å². The lowest BCUT2D eigenvalue weighted by atomic mass is 9.98. The SMILES string of the molecule is C=CC(=C/C)/C(=C\C(=C)/C(C=NC(C)CC)=C/C)/C=C(\C)NC(=C)c1coc(N2CC(C)C2)n1. The number of oxazole rings is 1. The monoisotopic (exact) mass is 460 g/mol. The maximum Gasteiger partial charge on any atom is 0.297 e. The lowest BCUT2D eigenvalue weighted by molar-refractivity contribution is 0.401. The van der Waals surface area contributed by atoms with E-state index in [0.717, 1.165) is 47.5 Å². The number of hydrogen-bond acceptors (Lipinski definition) is 5. The quantitative estimate of drug-likeness (QED) is 0.269. The Balaban J connectivity index is 2.21. The van der Waals surface area contributed by atoms with E-state index in [1.807, 2.05) is 45.2 Å². The predicted octanol–water partition coefficient (Wildman–Crippen LogP) is 7.03. The van der Waals surface area contributed by atoms with Crippen molar-refractivity contribution in [3.8, 4) is 0 Å². The second-order valence-electron chi connectivity index (χ2n) is 8.81. The van der Waals surface area contributed by atoms with Crippen LogP contribution in [0.2, 0.25) is 0 Å². The number of allylic oxidation sites excluding steroid dienone is 10. The first kappa shape index (κ1) is 26.9. The molecule has 1 aromatic heterocycles. The zero-order valence-electron chi connectivity index (χ0n) is 21.7. The van der Waals surface area contributed by atoms with Crippen LogP contribution in [0.5, 0.6) is 0 Å². The highest BCUT2D eigenvalue weighted by Crippen LogP contribution is 2.25. The predicted molar refractivity (Wildman–Crippen MR) is 147 cm³/mol. The van der Waals surface area contributed by atoms with Gasteiger partial charge in [0.25, 0.3) is 6.01 Å². The van der Waals surface area contributed by atoms with Gasteiger partial charge in [-0.2, -0.15) is 4.98 Å². The lowest BCUT2D eigenvalue weighted by Gasteiger charge is -2.35. The molecule has 5 nitrogen and oxygen atoms in total. The molecule has 34 heavy (non-hydrogen) atoms. The number of nitrogens with zero attached hydrogens (tertiary/aromatic N) is 3. The highest BCUT2D eigenvalue weighted by Gasteiger charge is 2.26. The number of nitrogens with one attached hydrogen (secondary N) is 1. The molecule has 1 unspecified atom stereocenters. The molecular weight excluding hydrogens is 420 g/mol. The molecule has 1 saturated heterocycles. The van der Waals surface area contributed by atoms with Gasteiger partial charge in [-0.15, -0.1) is 0 Å². The summed E-state index contributed by atoms with van der Waals surface area (Å²) in [4.78, 5) is 11.3. The molecule has 1 atom stereocenters. The van der Waals surface area contributed by atoms with Crippen LogP contribution in [0.15, 0.2) is 93.8 Å². The van der Waals surface area contributed by atoms with E-state index >= 15 is 0 Å². The molecule has 1 aliphatic rings. The molecule has 0 saturated carbocycles. The zero-order chi connectivity index (χ0) is 25.3. The molecule has 1 aliphatic heterocycles. The topological polar surface area (TPSA) is 53.7 Å². The van der Waals surface area contributed by atoms with Crippen LogP contribution in [0, 0.1) is 5.92 Å². The summed E-state index contributed by atoms with van der Waals surface area (Å²) >= 11 is 0. The largest absolute Gasteiger partial charge is 0.431 e. The normalized spacial score (nSPS) is 17.1. The second kappa shape index (κ2) is 12.8. The Morgan fingerprint density at radius 1 is 1.24 bits per heavy atom. The van der Waals surface area contributed by atoms with Gasteiger partial charge >= 0.3 is 0 Å². The number of aromatic nitrogens is 1. The number of anilines is 1. The van der Waals surface area contributed by atoms with Crippen LogP contribution in [0.1, 0.15) is 53.7 Å². The summed E-state index contributed by atoms with van der Waals surface area (Å²) in [7, 11) is 0. The van der Waals surface area contributed by atoms with Gasteiger partial charge in [-0.25, -0.2) is 0 Å². The number of hydrogen-bond donors (Lipinski definition) is 1. The lowest BCUT2D eigenvalue weighted by Crippen LogP contribution is -2.45. The summed E-state index contributed by atoms with van der Waals surface area (Å²) in [5, 5.41) is 3.34. The second-order valence-corrected chi connectivity index (χ2v) is 8.81. The molecule has 0 aliphatic carbocycles. The molecule has 1 fully saturated rings. The molecule has 2 rings (SSSR count). The van der Waals surface area contributed by atoms with Crippen LogP contribution in [0.25, 0.3) is 5.70 Å². The summed E-state index contributed by atoms with van der Waals surface area (Å²) in [5.41, 5.74) is 6.19. The third kappa shape index (κ3) is 7.34. The highest BCUT2D eigenvalue weighted by atomic mass is 16.4. The molecule has 5 heteroatoms. The molecule has 0 radical (unpaired) electrons. The Hall–Kier alpha value is -3.34. The van der Waals surface area contributed by atoms with Gasteiger partial charge in [-0.1, -0.05) is 51.8 Å². The highest BCUT2D eigenvalue weighted by molar-refractivity contribution is 5.86. The fourth-order valence-corrected chi connectivity index (χ4v) is 3.51. The summed E-state index contributed by atoms with van der Waals surface area (Å²) in [6, 6.07) is 0.930. The minimum absolute atomic E-state index is 0.282. The molecule has 1 aromatic rings. The Bertz CT molecular complexity index is 1040. The van der Waals surface area contributed by atoms with Crippen molar-refractivity contribution >= 4 is 17.9 Å².